The lowest BCUT2D eigenvalue weighted by molar-refractivity contribution is -0.153. The van der Waals surface area contributed by atoms with Crippen molar-refractivity contribution in [2.75, 3.05) is 5.32 Å². The van der Waals surface area contributed by atoms with Crippen molar-refractivity contribution in [1.29, 1.82) is 0 Å². The van der Waals surface area contributed by atoms with Gasteiger partial charge in [0, 0.05) is 22.0 Å². The number of pyridine rings is 1. The van der Waals surface area contributed by atoms with Crippen LogP contribution in [-0.2, 0) is 14.3 Å². The average Bonchev–Trinajstić information content (AvgIpc) is 3.20. The molecule has 1 aliphatic heterocycles. The highest BCUT2D eigenvalue weighted by Gasteiger charge is 2.52. The molecule has 2 N–H and O–H groups in total. The van der Waals surface area contributed by atoms with Crippen molar-refractivity contribution in [3.8, 4) is 0 Å². The van der Waals surface area contributed by atoms with Crippen molar-refractivity contribution in [3.05, 3.63) is 35.6 Å². The van der Waals surface area contributed by atoms with Gasteiger partial charge in [0.25, 0.3) is 0 Å². The number of halogens is 1. The van der Waals surface area contributed by atoms with Crippen LogP contribution in [0.2, 0.25) is 5.02 Å². The number of carbonyl (C=O) groups excluding carboxylic acids is 2. The first-order chi connectivity index (χ1) is 13.6. The Kier molecular flexibility index (Phi) is 4.05. The van der Waals surface area contributed by atoms with E-state index in [0.717, 1.165) is 53.9 Å². The lowest BCUT2D eigenvalue weighted by Crippen LogP contribution is -2.43. The summed E-state index contributed by atoms with van der Waals surface area (Å²) in [6.07, 6.45) is 8.18. The van der Waals surface area contributed by atoms with Crippen LogP contribution in [-0.4, -0.2) is 27.4 Å². The smallest absolute Gasteiger partial charge is 0.307 e. The van der Waals surface area contributed by atoms with Gasteiger partial charge >= 0.3 is 5.97 Å². The molecule has 0 bridgehead atoms. The maximum absolute atomic E-state index is 13.2. The number of carbonyl (C=O) groups is 2. The van der Waals surface area contributed by atoms with Gasteiger partial charge in [-0.2, -0.15) is 0 Å². The Balaban J connectivity index is 1.52. The van der Waals surface area contributed by atoms with Crippen LogP contribution in [0.25, 0.3) is 21.8 Å². The fourth-order valence-corrected chi connectivity index (χ4v) is 4.98. The quantitative estimate of drug-likeness (QED) is 0.620. The van der Waals surface area contributed by atoms with Gasteiger partial charge in [0.2, 0.25) is 5.91 Å². The second-order valence-corrected chi connectivity index (χ2v) is 8.20. The van der Waals surface area contributed by atoms with Gasteiger partial charge in [-0.3, -0.25) is 14.6 Å². The Hall–Kier alpha value is -2.60. The summed E-state index contributed by atoms with van der Waals surface area (Å²) in [6, 6.07) is 5.52. The van der Waals surface area contributed by atoms with Crippen molar-refractivity contribution >= 4 is 51.0 Å². The zero-order chi connectivity index (χ0) is 19.3. The summed E-state index contributed by atoms with van der Waals surface area (Å²) >= 11 is 6.33. The molecule has 1 aliphatic carbocycles. The lowest BCUT2D eigenvalue weighted by atomic mass is 9.75. The first-order valence-electron chi connectivity index (χ1n) is 9.63. The third-order valence-electron chi connectivity index (χ3n) is 6.07. The third kappa shape index (κ3) is 2.75. The van der Waals surface area contributed by atoms with Crippen LogP contribution < -0.4 is 5.32 Å². The van der Waals surface area contributed by atoms with Crippen molar-refractivity contribution < 1.29 is 14.3 Å². The summed E-state index contributed by atoms with van der Waals surface area (Å²) in [5, 5.41) is 5.46. The van der Waals surface area contributed by atoms with Gasteiger partial charge in [0.1, 0.15) is 5.60 Å². The summed E-state index contributed by atoms with van der Waals surface area (Å²) in [7, 11) is 0. The number of hydrogen-bond acceptors (Lipinski definition) is 4. The Morgan fingerprint density at radius 2 is 2.07 bits per heavy atom. The van der Waals surface area contributed by atoms with E-state index in [2.05, 4.69) is 15.3 Å². The molecule has 1 amide bonds. The van der Waals surface area contributed by atoms with Crippen molar-refractivity contribution in [2.24, 2.45) is 5.92 Å². The first-order valence-corrected chi connectivity index (χ1v) is 10.0. The first kappa shape index (κ1) is 17.5. The summed E-state index contributed by atoms with van der Waals surface area (Å²) < 4.78 is 5.68. The topological polar surface area (TPSA) is 84.1 Å². The van der Waals surface area contributed by atoms with E-state index in [1.54, 1.807) is 18.5 Å². The number of fused-ring (bicyclic) bond motifs is 3. The van der Waals surface area contributed by atoms with E-state index in [4.69, 9.17) is 16.3 Å². The highest BCUT2D eigenvalue weighted by Crippen LogP contribution is 2.45. The van der Waals surface area contributed by atoms with E-state index in [9.17, 15) is 9.59 Å². The molecule has 28 heavy (non-hydrogen) atoms. The molecule has 1 saturated heterocycles. The van der Waals surface area contributed by atoms with E-state index in [-0.39, 0.29) is 18.3 Å². The van der Waals surface area contributed by atoms with Crippen LogP contribution in [0.15, 0.2) is 30.6 Å². The van der Waals surface area contributed by atoms with E-state index >= 15 is 0 Å². The second-order valence-electron chi connectivity index (χ2n) is 7.77. The molecular weight excluding hydrogens is 378 g/mol. The largest absolute Gasteiger partial charge is 0.458 e. The molecule has 2 aromatic heterocycles. The molecule has 0 radical (unpaired) electrons. The molecular formula is C21H20ClN3O3. The molecule has 2 fully saturated rings. The maximum Gasteiger partial charge on any atom is 0.307 e. The van der Waals surface area contributed by atoms with E-state index in [1.165, 1.54) is 0 Å². The predicted molar refractivity (Wildman–Crippen MR) is 107 cm³/mol. The van der Waals surface area contributed by atoms with E-state index in [1.807, 2.05) is 12.1 Å². The monoisotopic (exact) mass is 397 g/mol. The third-order valence-corrected chi connectivity index (χ3v) is 6.29. The minimum atomic E-state index is -0.651. The Labute approximate surface area is 166 Å². The standard InChI is InChI=1S/C21H20ClN3O3/c22-12-8-14-13-4-7-23-11-17(13)24-19(14)16(9-12)25-20(27)15-10-18(26)28-21(15)5-2-1-3-6-21/h4,7-9,11,15,24H,1-3,5-6,10H2,(H,25,27). The Bertz CT molecular complexity index is 1100. The minimum Gasteiger partial charge on any atom is -0.458 e. The van der Waals surface area contributed by atoms with Crippen LogP contribution in [0.3, 0.4) is 0 Å². The van der Waals surface area contributed by atoms with Crippen LogP contribution in [0.1, 0.15) is 38.5 Å². The van der Waals surface area contributed by atoms with Crippen molar-refractivity contribution in [2.45, 2.75) is 44.1 Å². The Morgan fingerprint density at radius 3 is 2.89 bits per heavy atom. The number of amides is 1. The number of esters is 1. The zero-order valence-corrected chi connectivity index (χ0v) is 16.0. The number of anilines is 1. The molecule has 2 aliphatic rings. The molecule has 6 nitrogen and oxygen atoms in total. The van der Waals surface area contributed by atoms with Crippen LogP contribution >= 0.6 is 11.6 Å². The van der Waals surface area contributed by atoms with Gasteiger partial charge in [-0.05, 0) is 43.9 Å². The van der Waals surface area contributed by atoms with Crippen molar-refractivity contribution in [3.63, 3.8) is 0 Å². The molecule has 1 spiro atoms. The number of H-pyrrole nitrogens is 1. The van der Waals surface area contributed by atoms with Crippen LogP contribution in [0.5, 0.6) is 0 Å². The fourth-order valence-electron chi connectivity index (χ4n) is 4.76. The summed E-state index contributed by atoms with van der Waals surface area (Å²) in [5.41, 5.74) is 1.62. The average molecular weight is 398 g/mol. The summed E-state index contributed by atoms with van der Waals surface area (Å²) in [6.45, 7) is 0. The summed E-state index contributed by atoms with van der Waals surface area (Å²) in [4.78, 5) is 32.7. The van der Waals surface area contributed by atoms with Crippen LogP contribution in [0, 0.1) is 5.92 Å². The number of nitrogens with one attached hydrogen (secondary N) is 2. The lowest BCUT2D eigenvalue weighted by Gasteiger charge is -2.36. The van der Waals surface area contributed by atoms with Gasteiger partial charge < -0.3 is 15.0 Å². The summed E-state index contributed by atoms with van der Waals surface area (Å²) in [5.74, 6) is -0.941. The second kappa shape index (κ2) is 6.48. The van der Waals surface area contributed by atoms with Crippen LogP contribution in [0.4, 0.5) is 5.69 Å². The van der Waals surface area contributed by atoms with Gasteiger partial charge in [0.15, 0.2) is 0 Å². The van der Waals surface area contributed by atoms with Gasteiger partial charge in [-0.25, -0.2) is 0 Å². The molecule has 7 heteroatoms. The molecule has 1 saturated carbocycles. The van der Waals surface area contributed by atoms with Gasteiger partial charge in [0.05, 0.1) is 35.3 Å². The SMILES string of the molecule is O=C1CC(C(=O)Nc2cc(Cl)cc3c2[nH]c2cnccc23)C2(CCCCC2)O1. The highest BCUT2D eigenvalue weighted by atomic mass is 35.5. The zero-order valence-electron chi connectivity index (χ0n) is 15.3. The predicted octanol–water partition coefficient (Wildman–Crippen LogP) is 4.57. The molecule has 3 aromatic rings. The number of hydrogen-bond donors (Lipinski definition) is 2. The molecule has 1 aromatic carbocycles. The number of nitrogens with zero attached hydrogens (tertiary/aromatic N) is 1. The highest BCUT2D eigenvalue weighted by molar-refractivity contribution is 6.33. The molecule has 1 unspecified atom stereocenters. The van der Waals surface area contributed by atoms with E-state index in [0.29, 0.717) is 10.7 Å². The fraction of sp³-hybridized carbons (Fsp3) is 0.381. The van der Waals surface area contributed by atoms with Gasteiger partial charge in [-0.15, -0.1) is 0 Å². The molecule has 144 valence electrons. The molecule has 5 rings (SSSR count). The minimum absolute atomic E-state index is 0.131. The molecule has 3 heterocycles. The number of aromatic nitrogens is 2. The Morgan fingerprint density at radius 1 is 1.25 bits per heavy atom. The van der Waals surface area contributed by atoms with Gasteiger partial charge in [-0.1, -0.05) is 18.0 Å². The molecule has 1 atom stereocenters. The normalized spacial score (nSPS) is 21.3. The number of benzene rings is 1. The number of ether oxygens (including phenoxy) is 1. The van der Waals surface area contributed by atoms with Crippen molar-refractivity contribution in [1.82, 2.24) is 9.97 Å². The number of aromatic amines is 1. The maximum atomic E-state index is 13.2. The number of rotatable bonds is 2. The van der Waals surface area contributed by atoms with E-state index < -0.39 is 11.5 Å².